The lowest BCUT2D eigenvalue weighted by Gasteiger charge is -2.25. The molecule has 2 bridgehead atoms. The summed E-state index contributed by atoms with van der Waals surface area (Å²) in [4.78, 5) is 14.0. The molecule has 0 aromatic heterocycles. The van der Waals surface area contributed by atoms with Gasteiger partial charge < -0.3 is 15.3 Å². The lowest BCUT2D eigenvalue weighted by molar-refractivity contribution is -0.135. The first-order chi connectivity index (χ1) is 7.24. The summed E-state index contributed by atoms with van der Waals surface area (Å²) in [5.41, 5.74) is 0. The van der Waals surface area contributed by atoms with Gasteiger partial charge >= 0.3 is 0 Å². The number of likely N-dealkylation sites (tertiary alicyclic amines) is 1. The predicted molar refractivity (Wildman–Crippen MR) is 55.3 cm³/mol. The van der Waals surface area contributed by atoms with Gasteiger partial charge in [-0.05, 0) is 25.7 Å². The van der Waals surface area contributed by atoms with Gasteiger partial charge in [-0.15, -0.1) is 0 Å². The summed E-state index contributed by atoms with van der Waals surface area (Å²) in [5, 5.41) is 12.9. The Morgan fingerprint density at radius 1 is 1.33 bits per heavy atom. The molecule has 3 aliphatic heterocycles. The Labute approximate surface area is 89.6 Å². The highest BCUT2D eigenvalue weighted by atomic mass is 16.3. The predicted octanol–water partition coefficient (Wildman–Crippen LogP) is -0.280. The summed E-state index contributed by atoms with van der Waals surface area (Å²) >= 11 is 0. The second-order valence-electron chi connectivity index (χ2n) is 5.12. The molecule has 15 heavy (non-hydrogen) atoms. The average molecular weight is 210 g/mol. The number of aliphatic hydroxyl groups excluding tert-OH is 1. The zero-order chi connectivity index (χ0) is 10.4. The molecule has 2 N–H and O–H groups in total. The van der Waals surface area contributed by atoms with Crippen LogP contribution in [0.25, 0.3) is 0 Å². The van der Waals surface area contributed by atoms with Crippen molar-refractivity contribution in [2.75, 3.05) is 13.1 Å². The van der Waals surface area contributed by atoms with Crippen molar-refractivity contribution in [2.24, 2.45) is 5.92 Å². The van der Waals surface area contributed by atoms with E-state index < -0.39 is 0 Å². The van der Waals surface area contributed by atoms with Crippen LogP contribution >= 0.6 is 0 Å². The quantitative estimate of drug-likeness (QED) is 0.626. The molecule has 84 valence electrons. The Bertz CT molecular complexity index is 282. The van der Waals surface area contributed by atoms with Crippen molar-refractivity contribution in [2.45, 2.75) is 43.9 Å². The highest BCUT2D eigenvalue weighted by Gasteiger charge is 2.44. The summed E-state index contributed by atoms with van der Waals surface area (Å²) in [6, 6.07) is 0.997. The fourth-order valence-corrected chi connectivity index (χ4v) is 3.27. The maximum Gasteiger partial charge on any atom is 0.227 e. The van der Waals surface area contributed by atoms with E-state index in [0.29, 0.717) is 18.6 Å². The van der Waals surface area contributed by atoms with Crippen LogP contribution in [0.5, 0.6) is 0 Å². The number of hydrogen-bond acceptors (Lipinski definition) is 3. The highest BCUT2D eigenvalue weighted by Crippen LogP contribution is 2.34. The molecule has 4 unspecified atom stereocenters. The fraction of sp³-hybridized carbons (Fsp3) is 0.909. The minimum absolute atomic E-state index is 0.189. The monoisotopic (exact) mass is 210 g/mol. The van der Waals surface area contributed by atoms with Crippen LogP contribution in [0.3, 0.4) is 0 Å². The summed E-state index contributed by atoms with van der Waals surface area (Å²) in [6.07, 6.45) is 3.85. The van der Waals surface area contributed by atoms with E-state index in [9.17, 15) is 9.90 Å². The van der Waals surface area contributed by atoms with Gasteiger partial charge in [-0.3, -0.25) is 4.79 Å². The molecule has 3 saturated heterocycles. The second-order valence-corrected chi connectivity index (χ2v) is 5.12. The van der Waals surface area contributed by atoms with Crippen molar-refractivity contribution in [3.8, 4) is 0 Å². The van der Waals surface area contributed by atoms with Crippen molar-refractivity contribution in [3.63, 3.8) is 0 Å². The molecule has 1 amide bonds. The number of aliphatic hydroxyl groups is 1. The maximum atomic E-state index is 12.2. The molecule has 0 saturated carbocycles. The molecule has 4 nitrogen and oxygen atoms in total. The highest BCUT2D eigenvalue weighted by molar-refractivity contribution is 5.80. The van der Waals surface area contributed by atoms with Crippen LogP contribution < -0.4 is 5.32 Å². The molecule has 3 heterocycles. The standard InChI is InChI=1S/C11H18N2O2/c14-8-3-4-13(6-8)11(15)9-5-7-1-2-10(9)12-7/h7-10,12,14H,1-6H2. The molecule has 0 radical (unpaired) electrons. The molecule has 0 spiro atoms. The number of amides is 1. The lowest BCUT2D eigenvalue weighted by atomic mass is 9.88. The summed E-state index contributed by atoms with van der Waals surface area (Å²) in [5.74, 6) is 0.459. The molecule has 3 aliphatic rings. The van der Waals surface area contributed by atoms with Gasteiger partial charge in [-0.1, -0.05) is 0 Å². The van der Waals surface area contributed by atoms with Gasteiger partial charge in [0, 0.05) is 25.2 Å². The Morgan fingerprint density at radius 3 is 2.73 bits per heavy atom. The third kappa shape index (κ3) is 1.56. The first kappa shape index (κ1) is 9.60. The molecular weight excluding hydrogens is 192 g/mol. The first-order valence-corrected chi connectivity index (χ1v) is 5.97. The van der Waals surface area contributed by atoms with E-state index in [1.807, 2.05) is 4.90 Å². The molecule has 3 rings (SSSR count). The van der Waals surface area contributed by atoms with Crippen LogP contribution in [0, 0.1) is 5.92 Å². The number of hydrogen-bond donors (Lipinski definition) is 2. The number of nitrogens with one attached hydrogen (secondary N) is 1. The number of fused-ring (bicyclic) bond motifs is 2. The molecule has 0 aromatic carbocycles. The van der Waals surface area contributed by atoms with E-state index >= 15 is 0 Å². The Morgan fingerprint density at radius 2 is 2.20 bits per heavy atom. The molecule has 0 aromatic rings. The normalized spacial score (nSPS) is 43.9. The summed E-state index contributed by atoms with van der Waals surface area (Å²) < 4.78 is 0. The van der Waals surface area contributed by atoms with Crippen molar-refractivity contribution >= 4 is 5.91 Å². The topological polar surface area (TPSA) is 52.6 Å². The van der Waals surface area contributed by atoms with Crippen LogP contribution in [0.4, 0.5) is 0 Å². The minimum Gasteiger partial charge on any atom is -0.391 e. The van der Waals surface area contributed by atoms with Gasteiger partial charge in [-0.25, -0.2) is 0 Å². The van der Waals surface area contributed by atoms with Gasteiger partial charge in [0.1, 0.15) is 0 Å². The van der Waals surface area contributed by atoms with E-state index in [0.717, 1.165) is 25.8 Å². The van der Waals surface area contributed by atoms with Gasteiger partial charge in [-0.2, -0.15) is 0 Å². The van der Waals surface area contributed by atoms with E-state index in [1.165, 1.54) is 6.42 Å². The van der Waals surface area contributed by atoms with Crippen LogP contribution in [0.2, 0.25) is 0 Å². The van der Waals surface area contributed by atoms with Crippen molar-refractivity contribution < 1.29 is 9.90 Å². The minimum atomic E-state index is -0.291. The van der Waals surface area contributed by atoms with Gasteiger partial charge in [0.15, 0.2) is 0 Å². The first-order valence-electron chi connectivity index (χ1n) is 5.97. The van der Waals surface area contributed by atoms with E-state index in [4.69, 9.17) is 0 Å². The van der Waals surface area contributed by atoms with E-state index in [1.54, 1.807) is 0 Å². The molecule has 3 fully saturated rings. The Balaban J connectivity index is 1.65. The molecule has 4 atom stereocenters. The number of carbonyl (C=O) groups excluding carboxylic acids is 1. The largest absolute Gasteiger partial charge is 0.391 e. The number of β-amino-alcohol motifs (C(OH)–C–C–N with tert-alkyl or cyclic N) is 1. The fourth-order valence-electron chi connectivity index (χ4n) is 3.27. The SMILES string of the molecule is O=C(C1CC2CCC1N2)N1CCC(O)C1. The van der Waals surface area contributed by atoms with E-state index in [2.05, 4.69) is 5.32 Å². The summed E-state index contributed by atoms with van der Waals surface area (Å²) in [6.45, 7) is 1.29. The van der Waals surface area contributed by atoms with Crippen LogP contribution in [0.15, 0.2) is 0 Å². The number of carbonyl (C=O) groups is 1. The van der Waals surface area contributed by atoms with Crippen molar-refractivity contribution in [3.05, 3.63) is 0 Å². The maximum absolute atomic E-state index is 12.2. The Kier molecular flexibility index (Phi) is 2.21. The lowest BCUT2D eigenvalue weighted by Crippen LogP contribution is -2.40. The zero-order valence-electron chi connectivity index (χ0n) is 8.85. The molecular formula is C11H18N2O2. The molecule has 0 aliphatic carbocycles. The Hall–Kier alpha value is -0.610. The van der Waals surface area contributed by atoms with Crippen LogP contribution in [0.1, 0.15) is 25.7 Å². The third-order valence-electron chi connectivity index (χ3n) is 4.09. The van der Waals surface area contributed by atoms with Crippen molar-refractivity contribution in [1.82, 2.24) is 10.2 Å². The third-order valence-corrected chi connectivity index (χ3v) is 4.09. The van der Waals surface area contributed by atoms with Gasteiger partial charge in [0.05, 0.1) is 12.0 Å². The van der Waals surface area contributed by atoms with Gasteiger partial charge in [0.25, 0.3) is 0 Å². The zero-order valence-corrected chi connectivity index (χ0v) is 8.85. The van der Waals surface area contributed by atoms with Crippen molar-refractivity contribution in [1.29, 1.82) is 0 Å². The smallest absolute Gasteiger partial charge is 0.227 e. The second kappa shape index (κ2) is 3.46. The molecule has 4 heteroatoms. The van der Waals surface area contributed by atoms with E-state index in [-0.39, 0.29) is 17.9 Å². The van der Waals surface area contributed by atoms with Crippen LogP contribution in [-0.2, 0) is 4.79 Å². The number of rotatable bonds is 1. The van der Waals surface area contributed by atoms with Gasteiger partial charge in [0.2, 0.25) is 5.91 Å². The number of nitrogens with zero attached hydrogens (tertiary/aromatic N) is 1. The summed E-state index contributed by atoms with van der Waals surface area (Å²) in [7, 11) is 0. The van der Waals surface area contributed by atoms with Crippen LogP contribution in [-0.4, -0.2) is 47.2 Å². The average Bonchev–Trinajstić information content (AvgIpc) is 2.90.